The van der Waals surface area contributed by atoms with Gasteiger partial charge in [-0.05, 0) is 30.7 Å². The Labute approximate surface area is 117 Å². The highest BCUT2D eigenvalue weighted by Gasteiger charge is 2.41. The molecular formula is C17H27NO. The Morgan fingerprint density at radius 2 is 2.05 bits per heavy atom. The first-order chi connectivity index (χ1) is 9.09. The number of benzene rings is 1. The van der Waals surface area contributed by atoms with Gasteiger partial charge in [0.05, 0.1) is 6.61 Å². The summed E-state index contributed by atoms with van der Waals surface area (Å²) in [4.78, 5) is 0. The van der Waals surface area contributed by atoms with E-state index in [1.807, 2.05) is 6.07 Å². The molecule has 0 aliphatic heterocycles. The molecule has 0 bridgehead atoms. The third-order valence-electron chi connectivity index (χ3n) is 4.77. The van der Waals surface area contributed by atoms with Crippen molar-refractivity contribution in [3.8, 4) is 5.75 Å². The monoisotopic (exact) mass is 261 g/mol. The number of ether oxygens (including phenoxy) is 1. The molecule has 3 atom stereocenters. The molecule has 3 unspecified atom stereocenters. The summed E-state index contributed by atoms with van der Waals surface area (Å²) in [5.41, 5.74) is 7.77. The van der Waals surface area contributed by atoms with Gasteiger partial charge >= 0.3 is 0 Å². The fourth-order valence-electron chi connectivity index (χ4n) is 3.27. The normalized spacial score (nSPS) is 31.2. The maximum atomic E-state index is 6.81. The van der Waals surface area contributed by atoms with Gasteiger partial charge in [0.25, 0.3) is 0 Å². The van der Waals surface area contributed by atoms with E-state index >= 15 is 0 Å². The molecule has 1 aromatic rings. The van der Waals surface area contributed by atoms with Crippen molar-refractivity contribution in [1.29, 1.82) is 0 Å². The van der Waals surface area contributed by atoms with Gasteiger partial charge in [-0.25, -0.2) is 0 Å². The Morgan fingerprint density at radius 3 is 2.79 bits per heavy atom. The molecule has 2 rings (SSSR count). The highest BCUT2D eigenvalue weighted by atomic mass is 16.5. The van der Waals surface area contributed by atoms with Crippen LogP contribution in [-0.2, 0) is 5.54 Å². The van der Waals surface area contributed by atoms with Crippen LogP contribution in [0.1, 0.15) is 52.0 Å². The van der Waals surface area contributed by atoms with Crippen LogP contribution < -0.4 is 10.5 Å². The van der Waals surface area contributed by atoms with Crippen LogP contribution in [0, 0.1) is 11.8 Å². The third-order valence-corrected chi connectivity index (χ3v) is 4.77. The molecule has 0 spiro atoms. The van der Waals surface area contributed by atoms with E-state index in [2.05, 4.69) is 39.0 Å². The zero-order valence-electron chi connectivity index (χ0n) is 12.5. The van der Waals surface area contributed by atoms with E-state index in [9.17, 15) is 0 Å². The lowest BCUT2D eigenvalue weighted by Crippen LogP contribution is -2.48. The lowest BCUT2D eigenvalue weighted by Gasteiger charge is -2.44. The van der Waals surface area contributed by atoms with E-state index < -0.39 is 0 Å². The Morgan fingerprint density at radius 1 is 1.32 bits per heavy atom. The van der Waals surface area contributed by atoms with Crippen molar-refractivity contribution >= 4 is 0 Å². The maximum Gasteiger partial charge on any atom is 0.124 e. The van der Waals surface area contributed by atoms with Gasteiger partial charge in [-0.2, -0.15) is 0 Å². The average Bonchev–Trinajstić information content (AvgIpc) is 2.43. The molecular weight excluding hydrogens is 234 g/mol. The molecule has 2 N–H and O–H groups in total. The summed E-state index contributed by atoms with van der Waals surface area (Å²) in [5.74, 6) is 2.15. The minimum Gasteiger partial charge on any atom is -0.493 e. The van der Waals surface area contributed by atoms with Crippen LogP contribution in [0.5, 0.6) is 5.75 Å². The SMILES string of the molecule is CCCOc1ccccc1C1(N)CCCC(C)C1C. The fraction of sp³-hybridized carbons (Fsp3) is 0.647. The first-order valence-corrected chi connectivity index (χ1v) is 7.60. The number of para-hydroxylation sites is 1. The quantitative estimate of drug-likeness (QED) is 0.886. The van der Waals surface area contributed by atoms with E-state index in [4.69, 9.17) is 10.5 Å². The molecule has 0 aromatic heterocycles. The second-order valence-corrected chi connectivity index (χ2v) is 6.04. The predicted octanol–water partition coefficient (Wildman–Crippen LogP) is 4.09. The van der Waals surface area contributed by atoms with Gasteiger partial charge < -0.3 is 10.5 Å². The topological polar surface area (TPSA) is 35.2 Å². The number of nitrogens with two attached hydrogens (primary N) is 1. The Bertz CT molecular complexity index is 417. The molecule has 1 fully saturated rings. The number of hydrogen-bond acceptors (Lipinski definition) is 2. The summed E-state index contributed by atoms with van der Waals surface area (Å²) < 4.78 is 5.91. The van der Waals surface area contributed by atoms with Gasteiger partial charge in [0.1, 0.15) is 5.75 Å². The Hall–Kier alpha value is -1.02. The van der Waals surface area contributed by atoms with Crippen LogP contribution in [0.3, 0.4) is 0 Å². The largest absolute Gasteiger partial charge is 0.493 e. The fourth-order valence-corrected chi connectivity index (χ4v) is 3.27. The first kappa shape index (κ1) is 14.4. The molecule has 1 saturated carbocycles. The molecule has 0 radical (unpaired) electrons. The highest BCUT2D eigenvalue weighted by molar-refractivity contribution is 5.40. The third kappa shape index (κ3) is 2.79. The highest BCUT2D eigenvalue weighted by Crippen LogP contribution is 2.45. The summed E-state index contributed by atoms with van der Waals surface area (Å²) in [7, 11) is 0. The smallest absolute Gasteiger partial charge is 0.124 e. The van der Waals surface area contributed by atoms with Crippen molar-refractivity contribution < 1.29 is 4.74 Å². The summed E-state index contributed by atoms with van der Waals surface area (Å²) >= 11 is 0. The molecule has 106 valence electrons. The van der Waals surface area contributed by atoms with Crippen LogP contribution in [0.4, 0.5) is 0 Å². The lowest BCUT2D eigenvalue weighted by molar-refractivity contribution is 0.139. The average molecular weight is 261 g/mol. The van der Waals surface area contributed by atoms with Crippen LogP contribution >= 0.6 is 0 Å². The van der Waals surface area contributed by atoms with Crippen molar-refractivity contribution in [2.75, 3.05) is 6.61 Å². The van der Waals surface area contributed by atoms with Gasteiger partial charge in [0.15, 0.2) is 0 Å². The molecule has 2 nitrogen and oxygen atoms in total. The van der Waals surface area contributed by atoms with Crippen LogP contribution in [-0.4, -0.2) is 6.61 Å². The number of hydrogen-bond donors (Lipinski definition) is 1. The first-order valence-electron chi connectivity index (χ1n) is 7.60. The van der Waals surface area contributed by atoms with Crippen molar-refractivity contribution in [1.82, 2.24) is 0 Å². The van der Waals surface area contributed by atoms with Gasteiger partial charge in [-0.3, -0.25) is 0 Å². The minimum atomic E-state index is -0.234. The minimum absolute atomic E-state index is 0.234. The van der Waals surface area contributed by atoms with Gasteiger partial charge in [-0.1, -0.05) is 51.8 Å². The molecule has 2 heteroatoms. The van der Waals surface area contributed by atoms with Crippen LogP contribution in [0.15, 0.2) is 24.3 Å². The summed E-state index contributed by atoms with van der Waals surface area (Å²) in [6, 6.07) is 8.33. The Kier molecular flexibility index (Phi) is 4.51. The van der Waals surface area contributed by atoms with Crippen LogP contribution in [0.2, 0.25) is 0 Å². The zero-order valence-corrected chi connectivity index (χ0v) is 12.5. The summed E-state index contributed by atoms with van der Waals surface area (Å²) in [6.45, 7) is 7.50. The maximum absolute atomic E-state index is 6.81. The van der Waals surface area contributed by atoms with Crippen LogP contribution in [0.25, 0.3) is 0 Å². The van der Waals surface area contributed by atoms with E-state index in [0.717, 1.165) is 25.2 Å². The molecule has 0 heterocycles. The van der Waals surface area contributed by atoms with E-state index in [1.165, 1.54) is 18.4 Å². The van der Waals surface area contributed by atoms with Gasteiger partial charge in [-0.15, -0.1) is 0 Å². The van der Waals surface area contributed by atoms with E-state index in [0.29, 0.717) is 11.8 Å². The Balaban J connectivity index is 2.33. The summed E-state index contributed by atoms with van der Waals surface area (Å²) in [5, 5.41) is 0. The van der Waals surface area contributed by atoms with E-state index in [-0.39, 0.29) is 5.54 Å². The van der Waals surface area contributed by atoms with Crippen molar-refractivity contribution in [3.63, 3.8) is 0 Å². The zero-order chi connectivity index (χ0) is 13.9. The molecule has 19 heavy (non-hydrogen) atoms. The lowest BCUT2D eigenvalue weighted by atomic mass is 9.65. The standard InChI is InChI=1S/C17H27NO/c1-4-12-19-16-10-6-5-9-15(16)17(18)11-7-8-13(2)14(17)3/h5-6,9-10,13-14H,4,7-8,11-12,18H2,1-3H3. The molecule has 1 aliphatic carbocycles. The molecule has 1 aromatic carbocycles. The van der Waals surface area contributed by atoms with Crippen molar-refractivity contribution in [3.05, 3.63) is 29.8 Å². The predicted molar refractivity (Wildman–Crippen MR) is 80.3 cm³/mol. The van der Waals surface area contributed by atoms with Crippen molar-refractivity contribution in [2.45, 2.75) is 52.0 Å². The van der Waals surface area contributed by atoms with E-state index in [1.54, 1.807) is 0 Å². The number of rotatable bonds is 4. The second-order valence-electron chi connectivity index (χ2n) is 6.04. The second kappa shape index (κ2) is 5.96. The molecule has 0 saturated heterocycles. The van der Waals surface area contributed by atoms with Crippen molar-refractivity contribution in [2.24, 2.45) is 17.6 Å². The molecule has 0 amide bonds. The summed E-state index contributed by atoms with van der Waals surface area (Å²) in [6.07, 6.45) is 4.59. The van der Waals surface area contributed by atoms with Gasteiger partial charge in [0.2, 0.25) is 0 Å². The van der Waals surface area contributed by atoms with Gasteiger partial charge in [0, 0.05) is 11.1 Å². The molecule has 1 aliphatic rings.